The Kier molecular flexibility index (Phi) is 5.82. The van der Waals surface area contributed by atoms with E-state index in [4.69, 9.17) is 11.6 Å². The largest absolute Gasteiger partial charge is 0.391 e. The van der Waals surface area contributed by atoms with Crippen molar-refractivity contribution in [2.24, 2.45) is 5.92 Å². The Labute approximate surface area is 114 Å². The molecule has 0 bridgehead atoms. The number of halogens is 1. The second-order valence-corrected chi connectivity index (χ2v) is 5.60. The number of aliphatic hydroxyl groups excluding tert-OH is 1. The van der Waals surface area contributed by atoms with Crippen LogP contribution < -0.4 is 5.32 Å². The van der Waals surface area contributed by atoms with Gasteiger partial charge in [-0.1, -0.05) is 39.3 Å². The highest BCUT2D eigenvalue weighted by Crippen LogP contribution is 2.27. The molecule has 18 heavy (non-hydrogen) atoms. The Bertz CT molecular complexity index is 382. The summed E-state index contributed by atoms with van der Waals surface area (Å²) in [5.41, 5.74) is 0.899. The number of hydrogen-bond donors (Lipinski definition) is 2. The van der Waals surface area contributed by atoms with Crippen LogP contribution in [0.5, 0.6) is 0 Å². The SMILES string of the molecule is CC(C)CC(O)CNc1ncnc(Cl)c1C(C)C. The van der Waals surface area contributed by atoms with Crippen molar-refractivity contribution < 1.29 is 5.11 Å². The Hall–Kier alpha value is -0.870. The molecule has 0 saturated carbocycles. The van der Waals surface area contributed by atoms with Crippen LogP contribution in [0.2, 0.25) is 5.15 Å². The number of nitrogens with one attached hydrogen (secondary N) is 1. The standard InChI is InChI=1S/C13H22ClN3O/c1-8(2)5-10(18)6-15-13-11(9(3)4)12(14)16-7-17-13/h7-10,18H,5-6H2,1-4H3,(H,15,16,17). The van der Waals surface area contributed by atoms with Gasteiger partial charge in [0, 0.05) is 12.1 Å². The molecular formula is C13H22ClN3O. The maximum Gasteiger partial charge on any atom is 0.138 e. The van der Waals surface area contributed by atoms with Gasteiger partial charge >= 0.3 is 0 Å². The molecule has 0 aliphatic carbocycles. The van der Waals surface area contributed by atoms with Crippen LogP contribution in [0.1, 0.15) is 45.6 Å². The molecule has 1 atom stereocenters. The summed E-state index contributed by atoms with van der Waals surface area (Å²) in [7, 11) is 0. The van der Waals surface area contributed by atoms with Gasteiger partial charge in [-0.15, -0.1) is 0 Å². The zero-order chi connectivity index (χ0) is 13.7. The number of nitrogens with zero attached hydrogens (tertiary/aromatic N) is 2. The van der Waals surface area contributed by atoms with Gasteiger partial charge in [-0.2, -0.15) is 0 Å². The average Bonchev–Trinajstić information content (AvgIpc) is 2.24. The minimum Gasteiger partial charge on any atom is -0.391 e. The first-order valence-corrected chi connectivity index (χ1v) is 6.72. The molecule has 5 heteroatoms. The minimum absolute atomic E-state index is 0.239. The van der Waals surface area contributed by atoms with Crippen molar-refractivity contribution in [3.63, 3.8) is 0 Å². The molecule has 2 N–H and O–H groups in total. The number of hydrogen-bond acceptors (Lipinski definition) is 4. The first kappa shape index (κ1) is 15.2. The normalized spacial score (nSPS) is 13.1. The molecule has 4 nitrogen and oxygen atoms in total. The molecule has 0 aliphatic heterocycles. The van der Waals surface area contributed by atoms with Crippen molar-refractivity contribution in [2.75, 3.05) is 11.9 Å². The maximum atomic E-state index is 9.84. The Balaban J connectivity index is 2.70. The van der Waals surface area contributed by atoms with Crippen LogP contribution in [0.4, 0.5) is 5.82 Å². The lowest BCUT2D eigenvalue weighted by Crippen LogP contribution is -2.22. The van der Waals surface area contributed by atoms with Crippen molar-refractivity contribution in [1.29, 1.82) is 0 Å². The molecule has 1 aromatic heterocycles. The summed E-state index contributed by atoms with van der Waals surface area (Å²) >= 11 is 6.07. The van der Waals surface area contributed by atoms with E-state index < -0.39 is 0 Å². The number of rotatable bonds is 6. The molecule has 0 amide bonds. The first-order chi connectivity index (χ1) is 8.41. The summed E-state index contributed by atoms with van der Waals surface area (Å²) in [6, 6.07) is 0. The third-order valence-electron chi connectivity index (χ3n) is 2.66. The van der Waals surface area contributed by atoms with E-state index in [0.717, 1.165) is 12.0 Å². The molecule has 0 aromatic carbocycles. The lowest BCUT2D eigenvalue weighted by Gasteiger charge is -2.17. The van der Waals surface area contributed by atoms with Crippen molar-refractivity contribution in [1.82, 2.24) is 9.97 Å². The molecule has 0 fully saturated rings. The predicted octanol–water partition coefficient (Wildman–Crippen LogP) is 3.07. The Morgan fingerprint density at radius 3 is 2.50 bits per heavy atom. The van der Waals surface area contributed by atoms with E-state index in [-0.39, 0.29) is 12.0 Å². The number of aliphatic hydroxyl groups is 1. The van der Waals surface area contributed by atoms with Crippen LogP contribution in [-0.2, 0) is 0 Å². The molecule has 0 radical (unpaired) electrons. The first-order valence-electron chi connectivity index (χ1n) is 6.34. The van der Waals surface area contributed by atoms with Crippen molar-refractivity contribution in [3.05, 3.63) is 17.0 Å². The van der Waals surface area contributed by atoms with Gasteiger partial charge in [0.05, 0.1) is 6.10 Å². The molecule has 102 valence electrons. The monoisotopic (exact) mass is 271 g/mol. The lowest BCUT2D eigenvalue weighted by molar-refractivity contribution is 0.161. The zero-order valence-corrected chi connectivity index (χ0v) is 12.2. The van der Waals surface area contributed by atoms with Crippen LogP contribution in [0.25, 0.3) is 0 Å². The Morgan fingerprint density at radius 1 is 1.28 bits per heavy atom. The van der Waals surface area contributed by atoms with Crippen molar-refractivity contribution in [3.8, 4) is 0 Å². The van der Waals surface area contributed by atoms with Crippen LogP contribution in [0, 0.1) is 5.92 Å². The zero-order valence-electron chi connectivity index (χ0n) is 11.4. The molecule has 1 heterocycles. The summed E-state index contributed by atoms with van der Waals surface area (Å²) < 4.78 is 0. The van der Waals surface area contributed by atoms with Crippen LogP contribution in [0.15, 0.2) is 6.33 Å². The van der Waals surface area contributed by atoms with Crippen molar-refractivity contribution >= 4 is 17.4 Å². The smallest absolute Gasteiger partial charge is 0.138 e. The van der Waals surface area contributed by atoms with E-state index in [1.807, 2.05) is 13.8 Å². The fraction of sp³-hybridized carbons (Fsp3) is 0.692. The van der Waals surface area contributed by atoms with Gasteiger partial charge in [-0.25, -0.2) is 9.97 Å². The van der Waals surface area contributed by atoms with Crippen molar-refractivity contribution in [2.45, 2.75) is 46.1 Å². The molecule has 0 saturated heterocycles. The maximum absolute atomic E-state index is 9.84. The number of aromatic nitrogens is 2. The average molecular weight is 272 g/mol. The van der Waals surface area contributed by atoms with Gasteiger partial charge in [-0.05, 0) is 18.3 Å². The van der Waals surface area contributed by atoms with Gasteiger partial charge < -0.3 is 10.4 Å². The van der Waals surface area contributed by atoms with E-state index in [1.54, 1.807) is 0 Å². The fourth-order valence-corrected chi connectivity index (χ4v) is 2.22. The van der Waals surface area contributed by atoms with Crippen LogP contribution >= 0.6 is 11.6 Å². The molecule has 0 aliphatic rings. The van der Waals surface area contributed by atoms with Gasteiger partial charge in [-0.3, -0.25) is 0 Å². The topological polar surface area (TPSA) is 58.0 Å². The summed E-state index contributed by atoms with van der Waals surface area (Å²) in [6.07, 6.45) is 1.83. The van der Waals surface area contributed by atoms with E-state index in [9.17, 15) is 5.11 Å². The molecule has 1 aromatic rings. The summed E-state index contributed by atoms with van der Waals surface area (Å²) in [5.74, 6) is 1.43. The third-order valence-corrected chi connectivity index (χ3v) is 2.96. The van der Waals surface area contributed by atoms with E-state index in [1.165, 1.54) is 6.33 Å². The lowest BCUT2D eigenvalue weighted by atomic mass is 10.0. The number of anilines is 1. The molecule has 1 unspecified atom stereocenters. The van der Waals surface area contributed by atoms with Gasteiger partial charge in [0.15, 0.2) is 0 Å². The molecule has 0 spiro atoms. The van der Waals surface area contributed by atoms with Gasteiger partial charge in [0.1, 0.15) is 17.3 Å². The minimum atomic E-state index is -0.376. The quantitative estimate of drug-likeness (QED) is 0.781. The highest BCUT2D eigenvalue weighted by atomic mass is 35.5. The predicted molar refractivity (Wildman–Crippen MR) is 75.1 cm³/mol. The highest BCUT2D eigenvalue weighted by molar-refractivity contribution is 6.30. The van der Waals surface area contributed by atoms with E-state index in [2.05, 4.69) is 29.1 Å². The van der Waals surface area contributed by atoms with Crippen LogP contribution in [-0.4, -0.2) is 27.7 Å². The summed E-state index contributed by atoms with van der Waals surface area (Å²) in [6.45, 7) is 8.74. The third kappa shape index (κ3) is 4.42. The van der Waals surface area contributed by atoms with E-state index in [0.29, 0.717) is 23.4 Å². The second kappa shape index (κ2) is 6.90. The second-order valence-electron chi connectivity index (χ2n) is 5.25. The van der Waals surface area contributed by atoms with Gasteiger partial charge in [0.2, 0.25) is 0 Å². The summed E-state index contributed by atoms with van der Waals surface area (Å²) in [4.78, 5) is 8.18. The van der Waals surface area contributed by atoms with Gasteiger partial charge in [0.25, 0.3) is 0 Å². The van der Waals surface area contributed by atoms with Crippen LogP contribution in [0.3, 0.4) is 0 Å². The molecule has 1 rings (SSSR count). The fourth-order valence-electron chi connectivity index (χ4n) is 1.87. The highest BCUT2D eigenvalue weighted by Gasteiger charge is 2.14. The van der Waals surface area contributed by atoms with E-state index >= 15 is 0 Å². The molecular weight excluding hydrogens is 250 g/mol. The summed E-state index contributed by atoms with van der Waals surface area (Å²) in [5, 5.41) is 13.5. The Morgan fingerprint density at radius 2 is 1.94 bits per heavy atom.